The van der Waals surface area contributed by atoms with Gasteiger partial charge in [-0.05, 0) is 79.4 Å². The van der Waals surface area contributed by atoms with Gasteiger partial charge < -0.3 is 10.4 Å². The van der Waals surface area contributed by atoms with Crippen molar-refractivity contribution in [1.29, 1.82) is 0 Å². The van der Waals surface area contributed by atoms with Gasteiger partial charge in [-0.1, -0.05) is 32.9 Å². The minimum atomic E-state index is 0.0524. The van der Waals surface area contributed by atoms with Crippen LogP contribution in [0.5, 0.6) is 0 Å². The van der Waals surface area contributed by atoms with Gasteiger partial charge >= 0.3 is 0 Å². The smallest absolute Gasteiger partial charge is 0.217 e. The number of amides is 1. The van der Waals surface area contributed by atoms with Crippen LogP contribution in [0.4, 0.5) is 0 Å². The Balaban J connectivity index is 1.78. The number of hydrogen-bond donors (Lipinski definition) is 2. The van der Waals surface area contributed by atoms with Crippen LogP contribution in [0.1, 0.15) is 72.6 Å². The van der Waals surface area contributed by atoms with Gasteiger partial charge in [-0.3, -0.25) is 4.79 Å². The van der Waals surface area contributed by atoms with E-state index in [0.29, 0.717) is 23.2 Å². The average Bonchev–Trinajstić information content (AvgIpc) is 2.85. The first kappa shape index (κ1) is 18.9. The molecular weight excluding hydrogens is 310 g/mol. The minimum Gasteiger partial charge on any atom is -0.396 e. The molecule has 3 aliphatic rings. The topological polar surface area (TPSA) is 49.3 Å². The lowest BCUT2D eigenvalue weighted by Crippen LogP contribution is -2.52. The van der Waals surface area contributed by atoms with Crippen LogP contribution in [0.25, 0.3) is 0 Å². The summed E-state index contributed by atoms with van der Waals surface area (Å²) >= 11 is 0. The van der Waals surface area contributed by atoms with Crippen molar-refractivity contribution in [2.45, 2.75) is 78.7 Å². The van der Waals surface area contributed by atoms with E-state index in [-0.39, 0.29) is 24.0 Å². The van der Waals surface area contributed by atoms with E-state index in [4.69, 9.17) is 0 Å². The van der Waals surface area contributed by atoms with Gasteiger partial charge in [-0.2, -0.15) is 0 Å². The Hall–Kier alpha value is -0.830. The fraction of sp³-hybridized carbons (Fsp3) is 0.864. The third kappa shape index (κ3) is 3.07. The molecular formula is C22H37NO2. The number of allylic oxidation sites excluding steroid dienone is 1. The third-order valence-corrected chi connectivity index (χ3v) is 8.64. The Morgan fingerprint density at radius 3 is 2.60 bits per heavy atom. The molecule has 3 rings (SSSR count). The fourth-order valence-corrected chi connectivity index (χ4v) is 6.94. The third-order valence-electron chi connectivity index (χ3n) is 8.64. The monoisotopic (exact) mass is 347 g/mol. The normalized spacial score (nSPS) is 47.4. The summed E-state index contributed by atoms with van der Waals surface area (Å²) in [5.74, 6) is 2.46. The van der Waals surface area contributed by atoms with Gasteiger partial charge in [-0.25, -0.2) is 0 Å². The van der Waals surface area contributed by atoms with Crippen molar-refractivity contribution in [3.63, 3.8) is 0 Å². The summed E-state index contributed by atoms with van der Waals surface area (Å²) in [5, 5.41) is 13.2. The molecule has 0 saturated heterocycles. The molecule has 3 aliphatic carbocycles. The molecule has 7 atom stereocenters. The lowest BCUT2D eigenvalue weighted by Gasteiger charge is -2.56. The molecule has 3 saturated carbocycles. The maximum absolute atomic E-state index is 11.4. The molecule has 0 aliphatic heterocycles. The van der Waals surface area contributed by atoms with E-state index >= 15 is 0 Å². The van der Waals surface area contributed by atoms with E-state index in [9.17, 15) is 9.90 Å². The second kappa shape index (κ2) is 6.72. The van der Waals surface area contributed by atoms with E-state index in [1.807, 2.05) is 0 Å². The maximum atomic E-state index is 11.4. The van der Waals surface area contributed by atoms with Gasteiger partial charge in [0.2, 0.25) is 5.91 Å². The van der Waals surface area contributed by atoms with E-state index in [0.717, 1.165) is 25.2 Å². The van der Waals surface area contributed by atoms with Gasteiger partial charge in [0.15, 0.2) is 0 Å². The first-order valence-corrected chi connectivity index (χ1v) is 10.3. The Kier molecular flexibility index (Phi) is 5.09. The number of aliphatic hydroxyl groups is 1. The molecule has 0 heterocycles. The molecule has 0 aromatic rings. The summed E-state index contributed by atoms with van der Waals surface area (Å²) in [6.07, 6.45) is 8.08. The van der Waals surface area contributed by atoms with Crippen molar-refractivity contribution in [1.82, 2.24) is 5.32 Å². The number of aliphatic hydroxyl groups excluding tert-OH is 1. The molecule has 0 aromatic carbocycles. The predicted octanol–water partition coefficient (Wildman–Crippen LogP) is 4.31. The average molecular weight is 348 g/mol. The second-order valence-electron chi connectivity index (χ2n) is 9.73. The number of nitrogens with one attached hydrogen (secondary N) is 1. The first-order valence-electron chi connectivity index (χ1n) is 10.3. The van der Waals surface area contributed by atoms with E-state index in [1.165, 1.54) is 31.3 Å². The van der Waals surface area contributed by atoms with Gasteiger partial charge in [0.25, 0.3) is 0 Å². The van der Waals surface area contributed by atoms with Gasteiger partial charge in [0, 0.05) is 19.6 Å². The van der Waals surface area contributed by atoms with Crippen LogP contribution in [-0.2, 0) is 4.79 Å². The van der Waals surface area contributed by atoms with Gasteiger partial charge in [-0.15, -0.1) is 0 Å². The zero-order chi connectivity index (χ0) is 18.4. The number of hydrogen-bond acceptors (Lipinski definition) is 2. The molecule has 2 N–H and O–H groups in total. The van der Waals surface area contributed by atoms with Crippen molar-refractivity contribution in [2.75, 3.05) is 6.61 Å². The molecule has 0 spiro atoms. The Labute approximate surface area is 153 Å². The lowest BCUT2D eigenvalue weighted by atomic mass is 9.49. The summed E-state index contributed by atoms with van der Waals surface area (Å²) in [4.78, 5) is 11.4. The van der Waals surface area contributed by atoms with Crippen LogP contribution >= 0.6 is 0 Å². The SMILES string of the molecule is C=C1CC[C@H]2[C@H](C)[C@@H]([C@@]3(C)CC[C@H](NC(C)=O)C[C@@H]3CO)CC[C@]12C. The highest BCUT2D eigenvalue weighted by molar-refractivity contribution is 5.73. The highest BCUT2D eigenvalue weighted by Crippen LogP contribution is 2.63. The van der Waals surface area contributed by atoms with E-state index < -0.39 is 0 Å². The molecule has 0 unspecified atom stereocenters. The van der Waals surface area contributed by atoms with Crippen LogP contribution < -0.4 is 5.32 Å². The zero-order valence-corrected chi connectivity index (χ0v) is 16.6. The zero-order valence-electron chi connectivity index (χ0n) is 16.6. The van der Waals surface area contributed by atoms with Gasteiger partial charge in [0.05, 0.1) is 0 Å². The summed E-state index contributed by atoms with van der Waals surface area (Å²) in [6.45, 7) is 13.6. The molecule has 0 bridgehead atoms. The lowest BCUT2D eigenvalue weighted by molar-refractivity contribution is -0.121. The van der Waals surface area contributed by atoms with Crippen molar-refractivity contribution in [2.24, 2.45) is 34.5 Å². The molecule has 3 heteroatoms. The van der Waals surface area contributed by atoms with Gasteiger partial charge in [0.1, 0.15) is 0 Å². The fourth-order valence-electron chi connectivity index (χ4n) is 6.94. The summed E-state index contributed by atoms with van der Waals surface area (Å²) in [6, 6.07) is 0.234. The van der Waals surface area contributed by atoms with Crippen LogP contribution in [0.3, 0.4) is 0 Å². The number of carbonyl (C=O) groups is 1. The molecule has 3 nitrogen and oxygen atoms in total. The van der Waals surface area contributed by atoms with Crippen molar-refractivity contribution in [3.8, 4) is 0 Å². The molecule has 3 fully saturated rings. The highest BCUT2D eigenvalue weighted by atomic mass is 16.3. The van der Waals surface area contributed by atoms with E-state index in [1.54, 1.807) is 6.92 Å². The first-order chi connectivity index (χ1) is 11.7. The Morgan fingerprint density at radius 1 is 1.24 bits per heavy atom. The van der Waals surface area contributed by atoms with Crippen LogP contribution in [0.2, 0.25) is 0 Å². The summed E-state index contributed by atoms with van der Waals surface area (Å²) < 4.78 is 0. The number of rotatable bonds is 3. The molecule has 142 valence electrons. The second-order valence-corrected chi connectivity index (χ2v) is 9.73. The Morgan fingerprint density at radius 2 is 1.96 bits per heavy atom. The standard InChI is InChI=1S/C22H37NO2/c1-14-6-7-19-15(2)20(9-11-21(14,19)4)22(5)10-8-18(23-16(3)25)12-17(22)13-24/h15,17-20,24H,1,6-13H2,2-5H3,(H,23,25)/t15-,17+,18-,19-,20-,21+,22-/m0/s1. The highest BCUT2D eigenvalue weighted by Gasteiger charge is 2.55. The largest absolute Gasteiger partial charge is 0.396 e. The Bertz CT molecular complexity index is 544. The molecule has 0 radical (unpaired) electrons. The van der Waals surface area contributed by atoms with Crippen molar-refractivity contribution >= 4 is 5.91 Å². The predicted molar refractivity (Wildman–Crippen MR) is 102 cm³/mol. The molecule has 1 amide bonds. The summed E-state index contributed by atoms with van der Waals surface area (Å²) in [7, 11) is 0. The molecule has 25 heavy (non-hydrogen) atoms. The molecule has 0 aromatic heterocycles. The number of fused-ring (bicyclic) bond motifs is 1. The van der Waals surface area contributed by atoms with E-state index in [2.05, 4.69) is 32.7 Å². The van der Waals surface area contributed by atoms with Crippen LogP contribution in [0, 0.1) is 34.5 Å². The van der Waals surface area contributed by atoms with Crippen LogP contribution in [-0.4, -0.2) is 23.7 Å². The maximum Gasteiger partial charge on any atom is 0.217 e. The van der Waals surface area contributed by atoms with Crippen LogP contribution in [0.15, 0.2) is 12.2 Å². The quantitative estimate of drug-likeness (QED) is 0.748. The minimum absolute atomic E-state index is 0.0524. The number of carbonyl (C=O) groups excluding carboxylic acids is 1. The summed E-state index contributed by atoms with van der Waals surface area (Å²) in [5.41, 5.74) is 2.00. The van der Waals surface area contributed by atoms with Crippen molar-refractivity contribution < 1.29 is 9.90 Å². The van der Waals surface area contributed by atoms with Crippen molar-refractivity contribution in [3.05, 3.63) is 12.2 Å².